The molecule has 2 N–H and O–H groups in total. The summed E-state index contributed by atoms with van der Waals surface area (Å²) in [7, 11) is -7.82. The van der Waals surface area contributed by atoms with Gasteiger partial charge in [0.05, 0.1) is 28.9 Å². The molecule has 216 valence electrons. The van der Waals surface area contributed by atoms with Crippen LogP contribution in [-0.4, -0.2) is 63.6 Å². The Morgan fingerprint density at radius 1 is 1.10 bits per heavy atom. The summed E-state index contributed by atoms with van der Waals surface area (Å²) in [4.78, 5) is 29.3. The lowest BCUT2D eigenvalue weighted by atomic mass is 10.2. The van der Waals surface area contributed by atoms with E-state index in [9.17, 15) is 35.2 Å². The number of benzene rings is 2. The number of sulfone groups is 1. The van der Waals surface area contributed by atoms with Crippen molar-refractivity contribution in [2.75, 3.05) is 17.8 Å². The fourth-order valence-electron chi connectivity index (χ4n) is 3.83. The van der Waals surface area contributed by atoms with Crippen molar-refractivity contribution in [2.45, 2.75) is 33.9 Å². The molecule has 0 spiro atoms. The van der Waals surface area contributed by atoms with Gasteiger partial charge in [0, 0.05) is 22.0 Å². The Labute approximate surface area is 246 Å². The Hall–Kier alpha value is -3.46. The second-order valence-corrected chi connectivity index (χ2v) is 14.4. The van der Waals surface area contributed by atoms with Crippen LogP contribution in [0.25, 0.3) is 0 Å². The second kappa shape index (κ2) is 11.8. The van der Waals surface area contributed by atoms with Crippen molar-refractivity contribution in [3.05, 3.63) is 69.1 Å². The smallest absolute Gasteiger partial charge is 0.271 e. The van der Waals surface area contributed by atoms with Gasteiger partial charge >= 0.3 is 0 Å². The fraction of sp³-hybridized carbons (Fsp3) is 0.250. The van der Waals surface area contributed by atoms with E-state index in [4.69, 9.17) is 5.26 Å². The lowest BCUT2D eigenvalue weighted by Gasteiger charge is -2.19. The van der Waals surface area contributed by atoms with Crippen LogP contribution < -0.4 is 10.0 Å². The number of anilines is 1. The van der Waals surface area contributed by atoms with Crippen LogP contribution in [0.5, 0.6) is 0 Å². The summed E-state index contributed by atoms with van der Waals surface area (Å²) in [5.41, 5.74) is -0.0253. The van der Waals surface area contributed by atoms with Crippen molar-refractivity contribution in [3.63, 3.8) is 0 Å². The summed E-state index contributed by atoms with van der Waals surface area (Å²) in [5, 5.41) is 12.6. The molecule has 2 aromatic carbocycles. The van der Waals surface area contributed by atoms with Crippen LogP contribution in [0.4, 0.5) is 14.5 Å². The fourth-order valence-corrected chi connectivity index (χ4v) is 7.55. The van der Waals surface area contributed by atoms with Gasteiger partial charge in [-0.15, -0.1) is 11.3 Å². The molecule has 1 aliphatic heterocycles. The highest BCUT2D eigenvalue weighted by atomic mass is 79.9. The minimum atomic E-state index is -3.93. The number of alkyl halides is 2. The second-order valence-electron chi connectivity index (χ2n) is 8.88. The Morgan fingerprint density at radius 2 is 1.73 bits per heavy atom. The number of hydrogen-bond acceptors (Lipinski definition) is 9. The molecular formula is C24H20BrF2N5O6S3. The molecule has 1 aromatic heterocycles. The third kappa shape index (κ3) is 7.44. The van der Waals surface area contributed by atoms with Crippen LogP contribution in [0.1, 0.15) is 21.9 Å². The number of nitriles is 1. The highest BCUT2D eigenvalue weighted by Gasteiger charge is 2.47. The first-order valence-corrected chi connectivity index (χ1v) is 16.4. The maximum atomic E-state index is 13.6. The van der Waals surface area contributed by atoms with E-state index in [1.807, 2.05) is 0 Å². The normalized spacial score (nSPS) is 16.6. The first kappa shape index (κ1) is 30.5. The van der Waals surface area contributed by atoms with Gasteiger partial charge < -0.3 is 10.2 Å². The zero-order chi connectivity index (χ0) is 30.0. The number of thiazole rings is 1. The highest BCUT2D eigenvalue weighted by Crippen LogP contribution is 2.31. The maximum absolute atomic E-state index is 13.6. The van der Waals surface area contributed by atoms with Gasteiger partial charge in [-0.25, -0.2) is 30.6 Å². The molecule has 0 bridgehead atoms. The molecule has 3 aromatic rings. The molecule has 0 unspecified atom stereocenters. The van der Waals surface area contributed by atoms with E-state index in [2.05, 4.69) is 31.0 Å². The predicted octanol–water partition coefficient (Wildman–Crippen LogP) is 3.17. The van der Waals surface area contributed by atoms with Crippen LogP contribution in [0.3, 0.4) is 0 Å². The molecule has 11 nitrogen and oxygen atoms in total. The minimum Gasteiger partial charge on any atom is -0.342 e. The molecule has 2 heterocycles. The van der Waals surface area contributed by atoms with Gasteiger partial charge in [-0.05, 0) is 48.5 Å². The molecule has 1 aliphatic rings. The van der Waals surface area contributed by atoms with Crippen LogP contribution in [-0.2, 0) is 30.4 Å². The summed E-state index contributed by atoms with van der Waals surface area (Å²) in [6.45, 7) is -1.56. The van der Waals surface area contributed by atoms with Crippen LogP contribution in [0.2, 0.25) is 0 Å². The lowest BCUT2D eigenvalue weighted by Crippen LogP contribution is -2.43. The number of carbonyl (C=O) groups is 2. The number of nitrogens with one attached hydrogen (secondary N) is 2. The molecule has 0 aliphatic carbocycles. The van der Waals surface area contributed by atoms with Crippen molar-refractivity contribution >= 4 is 64.6 Å². The molecule has 0 radical (unpaired) electrons. The number of sulfonamides is 1. The Morgan fingerprint density at radius 3 is 2.37 bits per heavy atom. The van der Waals surface area contributed by atoms with E-state index in [1.165, 1.54) is 41.8 Å². The Kier molecular flexibility index (Phi) is 8.78. The number of likely N-dealkylation sites (tertiary alicyclic amines) is 1. The summed E-state index contributed by atoms with van der Waals surface area (Å²) in [5.74, 6) is -5.42. The van der Waals surface area contributed by atoms with E-state index in [0.717, 1.165) is 11.3 Å². The topological polar surface area (TPSA) is 166 Å². The number of aromatic nitrogens is 1. The van der Waals surface area contributed by atoms with Gasteiger partial charge in [-0.3, -0.25) is 14.3 Å². The van der Waals surface area contributed by atoms with E-state index in [1.54, 1.807) is 18.2 Å². The highest BCUT2D eigenvalue weighted by molar-refractivity contribution is 9.10. The zero-order valence-electron chi connectivity index (χ0n) is 20.8. The van der Waals surface area contributed by atoms with Crippen molar-refractivity contribution in [1.82, 2.24) is 15.2 Å². The van der Waals surface area contributed by atoms with Crippen molar-refractivity contribution in [1.29, 1.82) is 5.26 Å². The first-order chi connectivity index (χ1) is 19.2. The van der Waals surface area contributed by atoms with Crippen LogP contribution in [0, 0.1) is 11.3 Å². The van der Waals surface area contributed by atoms with Gasteiger partial charge in [0.25, 0.3) is 21.9 Å². The number of amides is 2. The van der Waals surface area contributed by atoms with E-state index < -0.39 is 68.9 Å². The number of rotatable bonds is 9. The summed E-state index contributed by atoms with van der Waals surface area (Å²) in [6.07, 6.45) is -0.780. The number of carbonyl (C=O) groups excluding carboxylic acids is 2. The standard InChI is InChI=1S/C24H20BrF2N5O6S3/c25-15-1-5-19(6-2-15)41(37,38)31-16-3-7-18(8-4-16)40(35,36)13-21-30-20(12-39-21)23(34)29-11-22(33)32-14-24(26,27)9-17(32)10-28/h1-8,12,17,31H,9,11,13-14H2,(H,29,34)/t17-/m0/s1. The number of nitrogens with zero attached hydrogens (tertiary/aromatic N) is 3. The molecule has 1 atom stereocenters. The van der Waals surface area contributed by atoms with E-state index >= 15 is 0 Å². The average Bonchev–Trinajstić information content (AvgIpc) is 3.50. The molecular weight excluding hydrogens is 668 g/mol. The Balaban J connectivity index is 1.35. The third-order valence-electron chi connectivity index (χ3n) is 5.83. The van der Waals surface area contributed by atoms with Gasteiger partial charge in [-0.1, -0.05) is 15.9 Å². The number of hydrogen-bond donors (Lipinski definition) is 2. The molecule has 17 heteroatoms. The summed E-state index contributed by atoms with van der Waals surface area (Å²) < 4.78 is 81.1. The first-order valence-electron chi connectivity index (χ1n) is 11.6. The maximum Gasteiger partial charge on any atom is 0.271 e. The van der Waals surface area contributed by atoms with Crippen molar-refractivity contribution in [2.24, 2.45) is 0 Å². The van der Waals surface area contributed by atoms with E-state index in [0.29, 0.717) is 9.37 Å². The molecule has 41 heavy (non-hydrogen) atoms. The van der Waals surface area contributed by atoms with Crippen LogP contribution >= 0.6 is 27.3 Å². The minimum absolute atomic E-state index is 0.0225. The monoisotopic (exact) mass is 687 g/mol. The third-order valence-corrected chi connectivity index (χ3v) is 10.4. The van der Waals surface area contributed by atoms with Gasteiger partial charge in [0.2, 0.25) is 5.91 Å². The predicted molar refractivity (Wildman–Crippen MR) is 147 cm³/mol. The Bertz CT molecular complexity index is 1720. The average molecular weight is 689 g/mol. The SMILES string of the molecule is N#C[C@@H]1CC(F)(F)CN1C(=O)CNC(=O)c1csc(CS(=O)(=O)c2ccc(NS(=O)(=O)c3ccc(Br)cc3)cc2)n1. The van der Waals surface area contributed by atoms with Gasteiger partial charge in [0.1, 0.15) is 22.5 Å². The quantitative estimate of drug-likeness (QED) is 0.346. The van der Waals surface area contributed by atoms with Crippen LogP contribution in [0.15, 0.2) is 68.2 Å². The lowest BCUT2D eigenvalue weighted by molar-refractivity contribution is -0.131. The van der Waals surface area contributed by atoms with Gasteiger partial charge in [-0.2, -0.15) is 5.26 Å². The molecule has 4 rings (SSSR count). The zero-order valence-corrected chi connectivity index (χ0v) is 24.8. The molecule has 2 amide bonds. The summed E-state index contributed by atoms with van der Waals surface area (Å²) >= 11 is 4.12. The summed E-state index contributed by atoms with van der Waals surface area (Å²) in [6, 6.07) is 11.4. The van der Waals surface area contributed by atoms with Crippen molar-refractivity contribution in [3.8, 4) is 6.07 Å². The largest absolute Gasteiger partial charge is 0.342 e. The van der Waals surface area contributed by atoms with Crippen molar-refractivity contribution < 1.29 is 35.2 Å². The van der Waals surface area contributed by atoms with Gasteiger partial charge in [0.15, 0.2) is 9.84 Å². The molecule has 1 saturated heterocycles. The molecule has 0 saturated carbocycles. The number of halogens is 3. The van der Waals surface area contributed by atoms with E-state index in [-0.39, 0.29) is 26.2 Å². The molecule has 1 fully saturated rings.